The minimum atomic E-state index is -2.99. The number of carboxylic acids is 1. The summed E-state index contributed by atoms with van der Waals surface area (Å²) in [7, 11) is 0. The molecule has 27 nitrogen and oxygen atoms in total. The number of carbonyl (C=O) groups is 4. The van der Waals surface area contributed by atoms with Gasteiger partial charge in [0.2, 0.25) is 17.7 Å². The van der Waals surface area contributed by atoms with Crippen molar-refractivity contribution in [3.05, 3.63) is 0 Å². The number of aliphatic hydroxyl groups is 13. The summed E-state index contributed by atoms with van der Waals surface area (Å²) in [5.74, 6) is -7.42. The van der Waals surface area contributed by atoms with Crippen LogP contribution in [0.2, 0.25) is 0 Å². The van der Waals surface area contributed by atoms with Gasteiger partial charge in [-0.1, -0.05) is 0 Å². The molecule has 20 atom stereocenters. The third kappa shape index (κ3) is 12.2. The lowest BCUT2D eigenvalue weighted by Crippen LogP contribution is -2.69. The monoisotopic (exact) mass is 879 g/mol. The molecule has 1 unspecified atom stereocenters. The molecule has 0 bridgehead atoms. The average molecular weight is 880 g/mol. The van der Waals surface area contributed by atoms with Crippen molar-refractivity contribution in [2.24, 2.45) is 0 Å². The number of rotatable bonds is 20. The quantitative estimate of drug-likeness (QED) is 0.0540. The zero-order valence-electron chi connectivity index (χ0n) is 32.6. The first-order chi connectivity index (χ1) is 28.1. The molecule has 0 aromatic rings. The molecule has 3 aliphatic heterocycles. The van der Waals surface area contributed by atoms with E-state index < -0.39 is 185 Å². The van der Waals surface area contributed by atoms with Gasteiger partial charge in [0.05, 0.1) is 51.2 Å². The Morgan fingerprint density at radius 2 is 1.32 bits per heavy atom. The summed E-state index contributed by atoms with van der Waals surface area (Å²) in [5.41, 5.74) is 0. The number of hydrogen-bond donors (Lipinski definition) is 17. The number of carbonyl (C=O) groups excluding carboxylic acids is 3. The molecule has 348 valence electrons. The van der Waals surface area contributed by atoms with Gasteiger partial charge in [-0.15, -0.1) is 0 Å². The molecule has 3 aliphatic rings. The highest BCUT2D eigenvalue weighted by Crippen LogP contribution is 2.35. The van der Waals surface area contributed by atoms with E-state index in [-0.39, 0.29) is 0 Å². The highest BCUT2D eigenvalue weighted by atomic mass is 16.7. The number of nitrogens with one attached hydrogen (secondary N) is 3. The highest BCUT2D eigenvalue weighted by molar-refractivity contribution is 5.76. The summed E-state index contributed by atoms with van der Waals surface area (Å²) in [5, 5.41) is 153. The molecule has 27 heteroatoms. The molecule has 0 saturated carbocycles. The van der Waals surface area contributed by atoms with E-state index in [2.05, 4.69) is 16.0 Å². The molecule has 3 fully saturated rings. The first-order valence-electron chi connectivity index (χ1n) is 18.6. The summed E-state index contributed by atoms with van der Waals surface area (Å²) < 4.78 is 33.5. The van der Waals surface area contributed by atoms with Crippen LogP contribution in [0.25, 0.3) is 0 Å². The van der Waals surface area contributed by atoms with Crippen LogP contribution in [0.5, 0.6) is 0 Å². The van der Waals surface area contributed by atoms with Crippen molar-refractivity contribution < 1.29 is 119 Å². The number of ether oxygens (including phenoxy) is 6. The van der Waals surface area contributed by atoms with E-state index in [0.29, 0.717) is 0 Å². The van der Waals surface area contributed by atoms with E-state index in [1.165, 1.54) is 0 Å². The van der Waals surface area contributed by atoms with E-state index in [4.69, 9.17) is 28.4 Å². The molecule has 0 spiro atoms. The Bertz CT molecular complexity index is 1420. The van der Waals surface area contributed by atoms with Crippen molar-refractivity contribution in [2.75, 3.05) is 33.0 Å². The second kappa shape index (κ2) is 22.5. The molecule has 0 aromatic carbocycles. The first-order valence-corrected chi connectivity index (χ1v) is 18.6. The summed E-state index contributed by atoms with van der Waals surface area (Å²) in [6.07, 6.45) is -32.2. The van der Waals surface area contributed by atoms with Crippen LogP contribution in [0.1, 0.15) is 27.2 Å². The molecule has 3 heterocycles. The highest BCUT2D eigenvalue weighted by Gasteiger charge is 2.57. The van der Waals surface area contributed by atoms with Gasteiger partial charge in [0, 0.05) is 27.2 Å². The lowest BCUT2D eigenvalue weighted by molar-refractivity contribution is -0.354. The lowest BCUT2D eigenvalue weighted by Gasteiger charge is -2.48. The molecular formula is C33H57N3O24. The fourth-order valence-electron chi connectivity index (χ4n) is 6.95. The maximum absolute atomic E-state index is 12.6. The first kappa shape index (κ1) is 51.5. The maximum Gasteiger partial charge on any atom is 0.364 e. The van der Waals surface area contributed by atoms with Gasteiger partial charge < -0.3 is 116 Å². The Hall–Kier alpha value is -2.88. The van der Waals surface area contributed by atoms with E-state index >= 15 is 0 Å². The van der Waals surface area contributed by atoms with Crippen LogP contribution in [0.15, 0.2) is 0 Å². The van der Waals surface area contributed by atoms with Gasteiger partial charge in [-0.25, -0.2) is 4.79 Å². The van der Waals surface area contributed by atoms with Crippen molar-refractivity contribution in [1.29, 1.82) is 0 Å². The van der Waals surface area contributed by atoms with Crippen LogP contribution in [0.3, 0.4) is 0 Å². The number of amides is 3. The lowest BCUT2D eigenvalue weighted by atomic mass is 9.88. The van der Waals surface area contributed by atoms with E-state index in [1.54, 1.807) is 0 Å². The largest absolute Gasteiger partial charge is 0.477 e. The third-order valence-electron chi connectivity index (χ3n) is 10.0. The molecule has 0 radical (unpaired) electrons. The smallest absolute Gasteiger partial charge is 0.364 e. The van der Waals surface area contributed by atoms with Crippen molar-refractivity contribution in [3.63, 3.8) is 0 Å². The van der Waals surface area contributed by atoms with Crippen molar-refractivity contribution in [2.45, 2.75) is 149 Å². The van der Waals surface area contributed by atoms with Gasteiger partial charge in [0.15, 0.2) is 12.6 Å². The third-order valence-corrected chi connectivity index (χ3v) is 10.0. The number of aliphatic carboxylic acids is 1. The van der Waals surface area contributed by atoms with Crippen LogP contribution in [0, 0.1) is 0 Å². The number of aliphatic hydroxyl groups excluding tert-OH is 13. The van der Waals surface area contributed by atoms with Crippen LogP contribution < -0.4 is 16.0 Å². The molecular weight excluding hydrogens is 822 g/mol. The molecule has 60 heavy (non-hydrogen) atoms. The SMILES string of the molecule is CC(=O)N[C@H]1[C@@H](O[C@@H]([C@@H](O)[C@H](O)CO[C@]2(C(=O)O)C[C@H](O)[C@@H](NC(C)=O)[C@H]([C@H](O)[C@H](O)CO)O2)[C@H](CO)NC(C)=O)O[C@H](CO)[C@H](OC2O[C@H](CO)[C@H](O)[C@H](O)[C@H]2O)[C@@H]1O. The Balaban J connectivity index is 1.94. The number of carboxylic acid groups (broad SMARTS) is 1. The Morgan fingerprint density at radius 3 is 1.83 bits per heavy atom. The van der Waals surface area contributed by atoms with Crippen molar-refractivity contribution >= 4 is 23.7 Å². The van der Waals surface area contributed by atoms with Gasteiger partial charge in [-0.3, -0.25) is 14.4 Å². The minimum Gasteiger partial charge on any atom is -0.477 e. The normalized spacial score (nSPS) is 37.8. The van der Waals surface area contributed by atoms with E-state index in [0.717, 1.165) is 20.8 Å². The van der Waals surface area contributed by atoms with Crippen molar-refractivity contribution in [3.8, 4) is 0 Å². The van der Waals surface area contributed by atoms with Crippen molar-refractivity contribution in [1.82, 2.24) is 16.0 Å². The van der Waals surface area contributed by atoms with Gasteiger partial charge in [-0.05, 0) is 0 Å². The Morgan fingerprint density at radius 1 is 0.733 bits per heavy atom. The topological polar surface area (TPSA) is 443 Å². The van der Waals surface area contributed by atoms with Crippen LogP contribution >= 0.6 is 0 Å². The average Bonchev–Trinajstić information content (AvgIpc) is 3.19. The second-order valence-electron chi connectivity index (χ2n) is 14.6. The predicted molar refractivity (Wildman–Crippen MR) is 188 cm³/mol. The predicted octanol–water partition coefficient (Wildman–Crippen LogP) is -10.5. The number of hydrogen-bond acceptors (Lipinski definition) is 23. The second-order valence-corrected chi connectivity index (χ2v) is 14.6. The standard InChI is InChI=1S/C33H57N3O24/c1-10(41)34-13(5-37)27(22(48)16(46)9-55-33(32(53)54)4-14(44)19(35-11(2)42)29(60-33)21(47)15(45)6-38)58-30-20(36-12(3)43)24(50)28(18(8-40)57-30)59-31-26(52)25(51)23(49)17(7-39)56-31/h13-31,37-40,44-52H,4-9H2,1-3H3,(H,34,41)(H,35,42)(H,36,43)(H,53,54)/t13-,14-,15+,16+,17+,18+,19+,20+,21+,22-,23-,24+,25-,26+,27+,28-,29+,30+,31?,33+/m0/s1. The molecule has 17 N–H and O–H groups in total. The molecule has 0 aliphatic carbocycles. The molecule has 3 amide bonds. The molecule has 0 aromatic heterocycles. The van der Waals surface area contributed by atoms with Gasteiger partial charge in [-0.2, -0.15) is 0 Å². The van der Waals surface area contributed by atoms with Gasteiger partial charge >= 0.3 is 5.97 Å². The van der Waals surface area contributed by atoms with Crippen LogP contribution in [0.4, 0.5) is 0 Å². The fourth-order valence-corrected chi connectivity index (χ4v) is 6.95. The summed E-state index contributed by atoms with van der Waals surface area (Å²) in [6, 6.07) is -5.01. The van der Waals surface area contributed by atoms with E-state index in [9.17, 15) is 90.7 Å². The van der Waals surface area contributed by atoms with Gasteiger partial charge in [0.1, 0.15) is 85.4 Å². The summed E-state index contributed by atoms with van der Waals surface area (Å²) in [4.78, 5) is 48.9. The Kier molecular flexibility index (Phi) is 19.3. The van der Waals surface area contributed by atoms with Gasteiger partial charge in [0.25, 0.3) is 5.79 Å². The zero-order chi connectivity index (χ0) is 45.4. The van der Waals surface area contributed by atoms with Crippen LogP contribution in [-0.4, -0.2) is 250 Å². The Labute approximate surface area is 340 Å². The molecule has 3 rings (SSSR count). The zero-order valence-corrected chi connectivity index (χ0v) is 32.6. The van der Waals surface area contributed by atoms with Crippen LogP contribution in [-0.2, 0) is 47.6 Å². The minimum absolute atomic E-state index is 0.776. The molecule has 3 saturated heterocycles. The van der Waals surface area contributed by atoms with E-state index in [1.807, 2.05) is 0 Å². The summed E-state index contributed by atoms with van der Waals surface area (Å²) >= 11 is 0. The fraction of sp³-hybridized carbons (Fsp3) is 0.879. The summed E-state index contributed by atoms with van der Waals surface area (Å²) in [6.45, 7) is -2.24. The maximum atomic E-state index is 12.6.